The molecule has 1 N–H and O–H groups in total. The summed E-state index contributed by atoms with van der Waals surface area (Å²) < 4.78 is 0. The summed E-state index contributed by atoms with van der Waals surface area (Å²) in [6.07, 6.45) is 5.29. The Morgan fingerprint density at radius 3 is 2.79 bits per heavy atom. The van der Waals surface area contributed by atoms with Crippen molar-refractivity contribution in [2.45, 2.75) is 45.1 Å². The van der Waals surface area contributed by atoms with Gasteiger partial charge in [-0.15, -0.1) is 0 Å². The van der Waals surface area contributed by atoms with Crippen molar-refractivity contribution in [3.05, 3.63) is 0 Å². The second kappa shape index (κ2) is 4.13. The van der Waals surface area contributed by atoms with Crippen LogP contribution >= 0.6 is 11.8 Å². The van der Waals surface area contributed by atoms with Gasteiger partial charge >= 0.3 is 0 Å². The van der Waals surface area contributed by atoms with Crippen LogP contribution in [-0.4, -0.2) is 23.0 Å². The molecule has 0 bridgehead atoms. The molecule has 14 heavy (non-hydrogen) atoms. The summed E-state index contributed by atoms with van der Waals surface area (Å²) in [6.45, 7) is 5.56. The molecule has 0 amide bonds. The Hall–Kier alpha value is -0.180. The Labute approximate surface area is 90.9 Å². The number of thioether (sulfide) groups is 1. The van der Waals surface area contributed by atoms with Crippen LogP contribution in [0.5, 0.6) is 0 Å². The number of nitrogens with one attached hydrogen (secondary N) is 1. The molecule has 1 aliphatic carbocycles. The van der Waals surface area contributed by atoms with E-state index in [0.29, 0.717) is 5.54 Å². The summed E-state index contributed by atoms with van der Waals surface area (Å²) in [5.41, 5.74) is 0.409. The van der Waals surface area contributed by atoms with Gasteiger partial charge in [-0.2, -0.15) is 0 Å². The SMILES string of the molecule is CCC1(NC2=NCC(C)CS2)CCC1. The Kier molecular flexibility index (Phi) is 3.05. The molecule has 1 aliphatic heterocycles. The topological polar surface area (TPSA) is 24.4 Å². The zero-order valence-electron chi connectivity index (χ0n) is 9.18. The summed E-state index contributed by atoms with van der Waals surface area (Å²) in [4.78, 5) is 4.59. The van der Waals surface area contributed by atoms with Crippen LogP contribution in [0.2, 0.25) is 0 Å². The highest BCUT2D eigenvalue weighted by Crippen LogP contribution is 2.35. The maximum absolute atomic E-state index is 4.59. The number of hydrogen-bond acceptors (Lipinski definition) is 3. The Bertz CT molecular complexity index is 228. The molecule has 1 saturated carbocycles. The van der Waals surface area contributed by atoms with E-state index in [9.17, 15) is 0 Å². The minimum Gasteiger partial charge on any atom is -0.360 e. The lowest BCUT2D eigenvalue weighted by atomic mass is 9.75. The van der Waals surface area contributed by atoms with Crippen molar-refractivity contribution in [2.75, 3.05) is 12.3 Å². The third-order valence-corrected chi connectivity index (χ3v) is 4.65. The van der Waals surface area contributed by atoms with E-state index in [1.807, 2.05) is 11.8 Å². The highest BCUT2D eigenvalue weighted by Gasteiger charge is 2.36. The zero-order chi connectivity index (χ0) is 10.0. The molecule has 2 nitrogen and oxygen atoms in total. The molecule has 1 unspecified atom stereocenters. The number of hydrogen-bond donors (Lipinski definition) is 1. The van der Waals surface area contributed by atoms with Gasteiger partial charge in [-0.05, 0) is 31.6 Å². The average Bonchev–Trinajstić information content (AvgIpc) is 2.15. The van der Waals surface area contributed by atoms with Crippen molar-refractivity contribution in [2.24, 2.45) is 10.9 Å². The molecule has 0 aromatic carbocycles. The Morgan fingerprint density at radius 1 is 1.57 bits per heavy atom. The van der Waals surface area contributed by atoms with Crippen LogP contribution in [0.15, 0.2) is 4.99 Å². The van der Waals surface area contributed by atoms with Crippen molar-refractivity contribution in [1.82, 2.24) is 5.32 Å². The van der Waals surface area contributed by atoms with Gasteiger partial charge in [0.2, 0.25) is 0 Å². The van der Waals surface area contributed by atoms with E-state index >= 15 is 0 Å². The van der Waals surface area contributed by atoms with Crippen molar-refractivity contribution < 1.29 is 0 Å². The first kappa shape index (κ1) is 10.3. The number of aliphatic imine (C=N–C) groups is 1. The van der Waals surface area contributed by atoms with Crippen molar-refractivity contribution in [1.29, 1.82) is 0 Å². The maximum Gasteiger partial charge on any atom is 0.156 e. The Balaban J connectivity index is 1.90. The molecule has 3 heteroatoms. The third-order valence-electron chi connectivity index (χ3n) is 3.41. The molecule has 1 atom stereocenters. The van der Waals surface area contributed by atoms with E-state index in [-0.39, 0.29) is 0 Å². The van der Waals surface area contributed by atoms with E-state index in [0.717, 1.165) is 12.5 Å². The van der Waals surface area contributed by atoms with Gasteiger partial charge in [0.15, 0.2) is 5.17 Å². The summed E-state index contributed by atoms with van der Waals surface area (Å²) in [5, 5.41) is 4.85. The average molecular weight is 212 g/mol. The predicted octanol–water partition coefficient (Wildman–Crippen LogP) is 2.65. The lowest BCUT2D eigenvalue weighted by molar-refractivity contribution is 0.211. The molecular formula is C11H20N2S. The highest BCUT2D eigenvalue weighted by molar-refractivity contribution is 8.13. The van der Waals surface area contributed by atoms with Gasteiger partial charge in [0, 0.05) is 17.8 Å². The second-order valence-electron chi connectivity index (χ2n) is 4.67. The summed E-state index contributed by atoms with van der Waals surface area (Å²) in [5.74, 6) is 1.98. The number of amidine groups is 1. The van der Waals surface area contributed by atoms with Crippen molar-refractivity contribution in [3.63, 3.8) is 0 Å². The molecule has 0 spiro atoms. The second-order valence-corrected chi connectivity index (χ2v) is 5.68. The standard InChI is InChI=1S/C11H20N2S/c1-3-11(5-4-6-11)13-10-12-7-9(2)8-14-10/h9H,3-8H2,1-2H3,(H,12,13). The smallest absolute Gasteiger partial charge is 0.156 e. The van der Waals surface area contributed by atoms with E-state index in [2.05, 4.69) is 24.2 Å². The maximum atomic E-state index is 4.59. The van der Waals surface area contributed by atoms with Crippen LogP contribution in [-0.2, 0) is 0 Å². The predicted molar refractivity (Wildman–Crippen MR) is 63.9 cm³/mol. The molecule has 0 saturated heterocycles. The molecule has 0 radical (unpaired) electrons. The Morgan fingerprint density at radius 2 is 2.36 bits per heavy atom. The van der Waals surface area contributed by atoms with Crippen LogP contribution in [0.25, 0.3) is 0 Å². The number of rotatable bonds is 2. The normalized spacial score (nSPS) is 30.4. The first-order valence-electron chi connectivity index (χ1n) is 5.69. The fourth-order valence-corrected chi connectivity index (χ4v) is 3.03. The fraction of sp³-hybridized carbons (Fsp3) is 0.909. The van der Waals surface area contributed by atoms with E-state index in [1.54, 1.807) is 0 Å². The minimum atomic E-state index is 0.409. The molecule has 0 aromatic heterocycles. The van der Waals surface area contributed by atoms with Gasteiger partial charge in [0.1, 0.15) is 0 Å². The van der Waals surface area contributed by atoms with Crippen LogP contribution in [0, 0.1) is 5.92 Å². The molecule has 2 aliphatic rings. The summed E-state index contributed by atoms with van der Waals surface area (Å²) in [6, 6.07) is 0. The van der Waals surface area contributed by atoms with Gasteiger partial charge in [-0.3, -0.25) is 4.99 Å². The quantitative estimate of drug-likeness (QED) is 0.761. The van der Waals surface area contributed by atoms with Crippen LogP contribution in [0.3, 0.4) is 0 Å². The lowest BCUT2D eigenvalue weighted by Gasteiger charge is -2.43. The van der Waals surface area contributed by atoms with Crippen LogP contribution < -0.4 is 5.32 Å². The fourth-order valence-electron chi connectivity index (χ4n) is 2.03. The number of nitrogens with zero attached hydrogens (tertiary/aromatic N) is 1. The van der Waals surface area contributed by atoms with Gasteiger partial charge in [-0.25, -0.2) is 0 Å². The van der Waals surface area contributed by atoms with E-state index < -0.39 is 0 Å². The lowest BCUT2D eigenvalue weighted by Crippen LogP contribution is -2.52. The van der Waals surface area contributed by atoms with E-state index in [4.69, 9.17) is 0 Å². The van der Waals surface area contributed by atoms with Gasteiger partial charge in [0.05, 0.1) is 0 Å². The van der Waals surface area contributed by atoms with Crippen molar-refractivity contribution in [3.8, 4) is 0 Å². The molecule has 1 fully saturated rings. The molecule has 2 rings (SSSR count). The van der Waals surface area contributed by atoms with Gasteiger partial charge in [-0.1, -0.05) is 25.6 Å². The van der Waals surface area contributed by atoms with Crippen molar-refractivity contribution >= 4 is 16.9 Å². The monoisotopic (exact) mass is 212 g/mol. The first-order valence-corrected chi connectivity index (χ1v) is 6.68. The molecule has 1 heterocycles. The van der Waals surface area contributed by atoms with Crippen LogP contribution in [0.1, 0.15) is 39.5 Å². The highest BCUT2D eigenvalue weighted by atomic mass is 32.2. The summed E-state index contributed by atoms with van der Waals surface area (Å²) >= 11 is 1.90. The minimum absolute atomic E-state index is 0.409. The van der Waals surface area contributed by atoms with Gasteiger partial charge in [0.25, 0.3) is 0 Å². The van der Waals surface area contributed by atoms with E-state index in [1.165, 1.54) is 36.6 Å². The first-order chi connectivity index (χ1) is 6.74. The molecule has 0 aromatic rings. The van der Waals surface area contributed by atoms with Crippen LogP contribution in [0.4, 0.5) is 0 Å². The largest absolute Gasteiger partial charge is 0.360 e. The summed E-state index contributed by atoms with van der Waals surface area (Å²) in [7, 11) is 0. The van der Waals surface area contributed by atoms with Gasteiger partial charge < -0.3 is 5.32 Å². The third kappa shape index (κ3) is 2.08. The molecular weight excluding hydrogens is 192 g/mol. The molecule has 80 valence electrons. The zero-order valence-corrected chi connectivity index (χ0v) is 9.99.